The van der Waals surface area contributed by atoms with Crippen molar-refractivity contribution < 1.29 is 17.6 Å². The van der Waals surface area contributed by atoms with E-state index in [4.69, 9.17) is 0 Å². The SMILES string of the molecule is CC1CCC(CCC2=CC=C(C3CCC(C)CC3)C(F)(F)C2(F)F)CC1. The Balaban J connectivity index is 1.70. The molecule has 0 nitrogen and oxygen atoms in total. The van der Waals surface area contributed by atoms with E-state index in [-0.39, 0.29) is 17.6 Å². The molecular formula is C22H32F4. The van der Waals surface area contributed by atoms with E-state index in [2.05, 4.69) is 13.8 Å². The molecule has 4 heteroatoms. The van der Waals surface area contributed by atoms with Crippen molar-refractivity contribution in [3.63, 3.8) is 0 Å². The number of hydrogen-bond acceptors (Lipinski definition) is 0. The lowest BCUT2D eigenvalue weighted by Gasteiger charge is -2.38. The van der Waals surface area contributed by atoms with Gasteiger partial charge >= 0.3 is 11.8 Å². The highest BCUT2D eigenvalue weighted by molar-refractivity contribution is 5.39. The predicted octanol–water partition coefficient (Wildman–Crippen LogP) is 7.56. The zero-order chi connectivity index (χ0) is 18.9. The van der Waals surface area contributed by atoms with Crippen LogP contribution in [-0.4, -0.2) is 11.8 Å². The maximum atomic E-state index is 14.7. The van der Waals surface area contributed by atoms with E-state index in [1.165, 1.54) is 12.2 Å². The van der Waals surface area contributed by atoms with Crippen LogP contribution in [-0.2, 0) is 0 Å². The average Bonchev–Trinajstić information content (AvgIpc) is 2.59. The number of alkyl halides is 4. The summed E-state index contributed by atoms with van der Waals surface area (Å²) in [6.45, 7) is 4.31. The Kier molecular flexibility index (Phi) is 5.89. The first-order valence-corrected chi connectivity index (χ1v) is 10.4. The summed E-state index contributed by atoms with van der Waals surface area (Å²) >= 11 is 0. The van der Waals surface area contributed by atoms with Gasteiger partial charge < -0.3 is 0 Å². The summed E-state index contributed by atoms with van der Waals surface area (Å²) < 4.78 is 58.8. The number of halogens is 4. The molecule has 0 aromatic rings. The van der Waals surface area contributed by atoms with Crippen LogP contribution in [0, 0.1) is 23.7 Å². The molecule has 0 amide bonds. The minimum absolute atomic E-state index is 0.0904. The third kappa shape index (κ3) is 3.89. The van der Waals surface area contributed by atoms with Crippen LogP contribution in [0.3, 0.4) is 0 Å². The second-order valence-electron chi connectivity index (χ2n) is 9.08. The van der Waals surface area contributed by atoms with Crippen molar-refractivity contribution in [1.29, 1.82) is 0 Å². The van der Waals surface area contributed by atoms with Gasteiger partial charge in [-0.05, 0) is 49.4 Å². The minimum atomic E-state index is -4.04. The smallest absolute Gasteiger partial charge is 0.194 e. The molecule has 0 aliphatic heterocycles. The lowest BCUT2D eigenvalue weighted by molar-refractivity contribution is -0.169. The number of rotatable bonds is 4. The summed E-state index contributed by atoms with van der Waals surface area (Å²) in [5.41, 5.74) is -0.696. The maximum absolute atomic E-state index is 14.7. The highest BCUT2D eigenvalue weighted by atomic mass is 19.3. The largest absolute Gasteiger partial charge is 0.336 e. The Morgan fingerprint density at radius 1 is 0.769 bits per heavy atom. The fourth-order valence-electron chi connectivity index (χ4n) is 4.96. The van der Waals surface area contributed by atoms with Gasteiger partial charge in [0.1, 0.15) is 0 Å². The van der Waals surface area contributed by atoms with Gasteiger partial charge in [-0.15, -0.1) is 0 Å². The van der Waals surface area contributed by atoms with Crippen LogP contribution >= 0.6 is 0 Å². The first-order valence-electron chi connectivity index (χ1n) is 10.4. The first-order chi connectivity index (χ1) is 12.2. The first kappa shape index (κ1) is 19.9. The van der Waals surface area contributed by atoms with Gasteiger partial charge in [0.2, 0.25) is 0 Å². The van der Waals surface area contributed by atoms with Crippen LogP contribution in [0.4, 0.5) is 17.6 Å². The van der Waals surface area contributed by atoms with Crippen molar-refractivity contribution >= 4 is 0 Å². The second-order valence-corrected chi connectivity index (χ2v) is 9.08. The Morgan fingerprint density at radius 2 is 1.31 bits per heavy atom. The van der Waals surface area contributed by atoms with E-state index >= 15 is 0 Å². The molecule has 3 rings (SSSR count). The summed E-state index contributed by atoms with van der Waals surface area (Å²) in [6.07, 6.45) is 10.6. The Labute approximate surface area is 155 Å². The Morgan fingerprint density at radius 3 is 1.88 bits per heavy atom. The molecule has 2 saturated carbocycles. The molecule has 0 bridgehead atoms. The molecule has 0 aromatic heterocycles. The quantitative estimate of drug-likeness (QED) is 0.447. The molecule has 148 valence electrons. The number of hydrogen-bond donors (Lipinski definition) is 0. The van der Waals surface area contributed by atoms with Crippen molar-refractivity contribution in [3.8, 4) is 0 Å². The van der Waals surface area contributed by atoms with Crippen LogP contribution < -0.4 is 0 Å². The second kappa shape index (κ2) is 7.67. The summed E-state index contributed by atoms with van der Waals surface area (Å²) in [6, 6.07) is 0. The Bertz CT molecular complexity index is 544. The standard InChI is InChI=1S/C22H32F4/c1-15-3-7-17(8-4-15)9-12-19-13-14-20(22(25,26)21(19,23)24)18-10-5-16(2)6-11-18/h13-18H,3-12H2,1-2H3. The van der Waals surface area contributed by atoms with Crippen molar-refractivity contribution in [2.24, 2.45) is 23.7 Å². The summed E-state index contributed by atoms with van der Waals surface area (Å²) in [4.78, 5) is 0. The molecule has 3 aliphatic rings. The van der Waals surface area contributed by atoms with Crippen molar-refractivity contribution in [1.82, 2.24) is 0 Å². The van der Waals surface area contributed by atoms with Gasteiger partial charge in [-0.25, -0.2) is 0 Å². The highest BCUT2D eigenvalue weighted by Crippen LogP contribution is 2.53. The average molecular weight is 372 g/mol. The van der Waals surface area contributed by atoms with Crippen LogP contribution in [0.25, 0.3) is 0 Å². The van der Waals surface area contributed by atoms with Crippen LogP contribution in [0.2, 0.25) is 0 Å². The van der Waals surface area contributed by atoms with Crippen molar-refractivity contribution in [2.75, 3.05) is 0 Å². The van der Waals surface area contributed by atoms with Gasteiger partial charge in [-0.2, -0.15) is 17.6 Å². The highest BCUT2D eigenvalue weighted by Gasteiger charge is 2.62. The number of allylic oxidation sites excluding steroid dienone is 4. The molecule has 0 unspecified atom stereocenters. The van der Waals surface area contributed by atoms with Crippen LogP contribution in [0.15, 0.2) is 23.3 Å². The molecule has 2 fully saturated rings. The van der Waals surface area contributed by atoms with E-state index in [9.17, 15) is 17.6 Å². The van der Waals surface area contributed by atoms with Gasteiger partial charge in [0, 0.05) is 11.1 Å². The van der Waals surface area contributed by atoms with Gasteiger partial charge in [0.15, 0.2) is 0 Å². The lowest BCUT2D eigenvalue weighted by atomic mass is 9.73. The third-order valence-corrected chi connectivity index (χ3v) is 7.04. The lowest BCUT2D eigenvalue weighted by Crippen LogP contribution is -2.47. The van der Waals surface area contributed by atoms with E-state index in [1.54, 1.807) is 0 Å². The topological polar surface area (TPSA) is 0 Å². The molecule has 3 aliphatic carbocycles. The molecule has 0 radical (unpaired) electrons. The van der Waals surface area contributed by atoms with Gasteiger partial charge in [0.25, 0.3) is 0 Å². The van der Waals surface area contributed by atoms with E-state index < -0.39 is 17.8 Å². The fraction of sp³-hybridized carbons (Fsp3) is 0.818. The van der Waals surface area contributed by atoms with E-state index in [0.717, 1.165) is 38.5 Å². The molecular weight excluding hydrogens is 340 g/mol. The Hall–Kier alpha value is -0.800. The minimum Gasteiger partial charge on any atom is -0.194 e. The van der Waals surface area contributed by atoms with E-state index in [1.807, 2.05) is 0 Å². The molecule has 0 N–H and O–H groups in total. The molecule has 0 spiro atoms. The molecule has 0 heterocycles. The van der Waals surface area contributed by atoms with Gasteiger partial charge in [-0.3, -0.25) is 0 Å². The van der Waals surface area contributed by atoms with Gasteiger partial charge in [0.05, 0.1) is 0 Å². The molecule has 26 heavy (non-hydrogen) atoms. The predicted molar refractivity (Wildman–Crippen MR) is 97.5 cm³/mol. The van der Waals surface area contributed by atoms with Crippen molar-refractivity contribution in [2.45, 2.75) is 89.9 Å². The monoisotopic (exact) mass is 372 g/mol. The third-order valence-electron chi connectivity index (χ3n) is 7.04. The summed E-state index contributed by atoms with van der Waals surface area (Å²) in [7, 11) is 0. The van der Waals surface area contributed by atoms with Crippen LogP contribution in [0.5, 0.6) is 0 Å². The maximum Gasteiger partial charge on any atom is 0.336 e. The van der Waals surface area contributed by atoms with Crippen molar-refractivity contribution in [3.05, 3.63) is 23.3 Å². The molecule has 0 aromatic carbocycles. The summed E-state index contributed by atoms with van der Waals surface area (Å²) in [5, 5.41) is 0. The fourth-order valence-corrected chi connectivity index (χ4v) is 4.96. The summed E-state index contributed by atoms with van der Waals surface area (Å²) in [5.74, 6) is -6.86. The normalized spacial score (nSPS) is 37.0. The van der Waals surface area contributed by atoms with E-state index in [0.29, 0.717) is 37.0 Å². The zero-order valence-corrected chi connectivity index (χ0v) is 16.0. The van der Waals surface area contributed by atoms with Crippen LogP contribution in [0.1, 0.15) is 78.1 Å². The molecule has 0 atom stereocenters. The van der Waals surface area contributed by atoms with Gasteiger partial charge in [-0.1, -0.05) is 64.5 Å². The zero-order valence-electron chi connectivity index (χ0n) is 16.0. The molecule has 0 saturated heterocycles.